The highest BCUT2D eigenvalue weighted by Gasteiger charge is 2.12. The summed E-state index contributed by atoms with van der Waals surface area (Å²) in [4.78, 5) is 10.8. The Morgan fingerprint density at radius 2 is 2.20 bits per heavy atom. The topological polar surface area (TPSA) is 41.1 Å². The maximum Gasteiger partial charge on any atom is 0.225 e. The molecule has 0 bridgehead atoms. The van der Waals surface area contributed by atoms with E-state index >= 15 is 0 Å². The van der Waals surface area contributed by atoms with E-state index in [1.165, 1.54) is 5.57 Å². The minimum Gasteiger partial charge on any atom is -0.375 e. The van der Waals surface area contributed by atoms with Crippen molar-refractivity contribution >= 4 is 5.91 Å². The Labute approximate surface area is 60.5 Å². The number of hydrogen-bond donors (Lipinski definition) is 2. The summed E-state index contributed by atoms with van der Waals surface area (Å²) >= 11 is 0. The van der Waals surface area contributed by atoms with Gasteiger partial charge in [-0.25, -0.2) is 0 Å². The molecule has 0 aromatic carbocycles. The smallest absolute Gasteiger partial charge is 0.225 e. The van der Waals surface area contributed by atoms with Crippen molar-refractivity contribution < 1.29 is 4.79 Å². The van der Waals surface area contributed by atoms with Crippen molar-refractivity contribution in [1.82, 2.24) is 10.6 Å². The van der Waals surface area contributed by atoms with E-state index in [0.29, 0.717) is 6.42 Å². The third-order valence-electron chi connectivity index (χ3n) is 1.67. The zero-order valence-corrected chi connectivity index (χ0v) is 6.32. The normalized spacial score (nSPS) is 18.8. The third-order valence-corrected chi connectivity index (χ3v) is 1.67. The van der Waals surface area contributed by atoms with Crippen LogP contribution >= 0.6 is 0 Å². The average molecular weight is 140 g/mol. The standard InChI is InChI=1S/C7H12N2O/c1-5-3-4-6(10)9-7(5)8-2/h8H,3-4H2,1-2H3,(H,9,10). The Kier molecular flexibility index (Phi) is 1.94. The van der Waals surface area contributed by atoms with Gasteiger partial charge in [-0.2, -0.15) is 0 Å². The molecule has 1 rings (SSSR count). The van der Waals surface area contributed by atoms with Crippen LogP contribution in [0.3, 0.4) is 0 Å². The lowest BCUT2D eigenvalue weighted by atomic mass is 10.1. The van der Waals surface area contributed by atoms with E-state index in [4.69, 9.17) is 0 Å². The van der Waals surface area contributed by atoms with Crippen LogP contribution in [0.1, 0.15) is 19.8 Å². The van der Waals surface area contributed by atoms with E-state index in [1.54, 1.807) is 0 Å². The average Bonchev–Trinajstić information content (AvgIpc) is 1.94. The highest BCUT2D eigenvalue weighted by atomic mass is 16.1. The number of hydrogen-bond acceptors (Lipinski definition) is 2. The summed E-state index contributed by atoms with van der Waals surface area (Å²) in [6.45, 7) is 2.02. The van der Waals surface area contributed by atoms with Crippen molar-refractivity contribution in [3.63, 3.8) is 0 Å². The van der Waals surface area contributed by atoms with Gasteiger partial charge in [0.25, 0.3) is 0 Å². The molecule has 0 atom stereocenters. The summed E-state index contributed by atoms with van der Waals surface area (Å²) < 4.78 is 0. The molecule has 0 unspecified atom stereocenters. The van der Waals surface area contributed by atoms with Crippen molar-refractivity contribution in [3.8, 4) is 0 Å². The molecule has 0 saturated heterocycles. The molecule has 1 aliphatic rings. The van der Waals surface area contributed by atoms with Gasteiger partial charge in [0.1, 0.15) is 5.82 Å². The van der Waals surface area contributed by atoms with Crippen LogP contribution in [0.5, 0.6) is 0 Å². The van der Waals surface area contributed by atoms with Crippen LogP contribution in [-0.4, -0.2) is 13.0 Å². The van der Waals surface area contributed by atoms with Gasteiger partial charge in [-0.15, -0.1) is 0 Å². The monoisotopic (exact) mass is 140 g/mol. The van der Waals surface area contributed by atoms with Crippen molar-refractivity contribution in [2.45, 2.75) is 19.8 Å². The van der Waals surface area contributed by atoms with Gasteiger partial charge in [-0.05, 0) is 18.9 Å². The lowest BCUT2D eigenvalue weighted by molar-refractivity contribution is -0.120. The van der Waals surface area contributed by atoms with Crippen LogP contribution in [0, 0.1) is 0 Å². The highest BCUT2D eigenvalue weighted by Crippen LogP contribution is 2.11. The second kappa shape index (κ2) is 2.73. The molecule has 0 radical (unpaired) electrons. The van der Waals surface area contributed by atoms with Crippen LogP contribution in [0.4, 0.5) is 0 Å². The van der Waals surface area contributed by atoms with E-state index in [0.717, 1.165) is 12.2 Å². The van der Waals surface area contributed by atoms with E-state index < -0.39 is 0 Å². The first-order chi connectivity index (χ1) is 4.74. The minimum atomic E-state index is 0.106. The van der Waals surface area contributed by atoms with E-state index in [-0.39, 0.29) is 5.91 Å². The number of amides is 1. The molecule has 0 saturated carbocycles. The molecule has 0 aliphatic carbocycles. The van der Waals surface area contributed by atoms with Crippen molar-refractivity contribution in [2.24, 2.45) is 0 Å². The number of rotatable bonds is 1. The van der Waals surface area contributed by atoms with Gasteiger partial charge >= 0.3 is 0 Å². The Hall–Kier alpha value is -0.990. The Balaban J connectivity index is 2.72. The molecule has 1 heterocycles. The molecule has 2 N–H and O–H groups in total. The molecule has 1 aliphatic heterocycles. The largest absolute Gasteiger partial charge is 0.375 e. The summed E-state index contributed by atoms with van der Waals surface area (Å²) in [6, 6.07) is 0. The van der Waals surface area contributed by atoms with Gasteiger partial charge in [-0.3, -0.25) is 4.79 Å². The van der Waals surface area contributed by atoms with Gasteiger partial charge in [0.05, 0.1) is 0 Å². The molecule has 0 aromatic heterocycles. The van der Waals surface area contributed by atoms with E-state index in [1.807, 2.05) is 14.0 Å². The SMILES string of the molecule is CNC1=C(C)CCC(=O)N1. The van der Waals surface area contributed by atoms with Crippen molar-refractivity contribution in [3.05, 3.63) is 11.4 Å². The summed E-state index contributed by atoms with van der Waals surface area (Å²) in [5.74, 6) is 0.978. The molecule has 10 heavy (non-hydrogen) atoms. The molecule has 0 spiro atoms. The van der Waals surface area contributed by atoms with Crippen LogP contribution in [0.2, 0.25) is 0 Å². The van der Waals surface area contributed by atoms with Crippen molar-refractivity contribution in [2.75, 3.05) is 7.05 Å². The molecule has 3 nitrogen and oxygen atoms in total. The summed E-state index contributed by atoms with van der Waals surface area (Å²) in [7, 11) is 1.81. The van der Waals surface area contributed by atoms with Gasteiger partial charge in [0, 0.05) is 13.5 Å². The third kappa shape index (κ3) is 1.29. The predicted molar refractivity (Wildman–Crippen MR) is 39.1 cm³/mol. The molecular weight excluding hydrogens is 128 g/mol. The second-order valence-corrected chi connectivity index (χ2v) is 2.45. The summed E-state index contributed by atoms with van der Waals surface area (Å²) in [5.41, 5.74) is 1.22. The van der Waals surface area contributed by atoms with Gasteiger partial charge < -0.3 is 10.6 Å². The molecule has 56 valence electrons. The summed E-state index contributed by atoms with van der Waals surface area (Å²) in [6.07, 6.45) is 1.50. The van der Waals surface area contributed by atoms with Crippen LogP contribution in [0.15, 0.2) is 11.4 Å². The Bertz CT molecular complexity index is 184. The number of carbonyl (C=O) groups is 1. The van der Waals surface area contributed by atoms with Crippen LogP contribution in [-0.2, 0) is 4.79 Å². The Morgan fingerprint density at radius 3 is 2.70 bits per heavy atom. The molecular formula is C7H12N2O. The quantitative estimate of drug-likeness (QED) is 0.551. The van der Waals surface area contributed by atoms with Crippen molar-refractivity contribution in [1.29, 1.82) is 0 Å². The molecule has 1 amide bonds. The lowest BCUT2D eigenvalue weighted by Gasteiger charge is -2.17. The van der Waals surface area contributed by atoms with E-state index in [9.17, 15) is 4.79 Å². The first kappa shape index (κ1) is 7.12. The molecule has 3 heteroatoms. The fourth-order valence-electron chi connectivity index (χ4n) is 1.01. The van der Waals surface area contributed by atoms with Gasteiger partial charge in [0.2, 0.25) is 5.91 Å². The van der Waals surface area contributed by atoms with Gasteiger partial charge in [0.15, 0.2) is 0 Å². The maximum absolute atomic E-state index is 10.8. The molecule has 0 fully saturated rings. The highest BCUT2D eigenvalue weighted by molar-refractivity contribution is 5.79. The number of carbonyl (C=O) groups excluding carboxylic acids is 1. The first-order valence-electron chi connectivity index (χ1n) is 3.41. The lowest BCUT2D eigenvalue weighted by Crippen LogP contribution is -2.33. The predicted octanol–water partition coefficient (Wildman–Crippen LogP) is 0.347. The maximum atomic E-state index is 10.8. The van der Waals surface area contributed by atoms with Crippen LogP contribution < -0.4 is 10.6 Å². The molecule has 0 aromatic rings. The zero-order chi connectivity index (χ0) is 7.56. The first-order valence-corrected chi connectivity index (χ1v) is 3.41. The van der Waals surface area contributed by atoms with Crippen LogP contribution in [0.25, 0.3) is 0 Å². The van der Waals surface area contributed by atoms with Gasteiger partial charge in [-0.1, -0.05) is 0 Å². The second-order valence-electron chi connectivity index (χ2n) is 2.45. The fraction of sp³-hybridized carbons (Fsp3) is 0.571. The number of nitrogens with one attached hydrogen (secondary N) is 2. The Morgan fingerprint density at radius 1 is 1.50 bits per heavy atom. The summed E-state index contributed by atoms with van der Waals surface area (Å²) in [5, 5.41) is 5.68. The zero-order valence-electron chi connectivity index (χ0n) is 6.32. The van der Waals surface area contributed by atoms with E-state index in [2.05, 4.69) is 10.6 Å². The number of allylic oxidation sites excluding steroid dienone is 1. The minimum absolute atomic E-state index is 0.106. The fourth-order valence-corrected chi connectivity index (χ4v) is 1.01.